The van der Waals surface area contributed by atoms with E-state index >= 15 is 0 Å². The quantitative estimate of drug-likeness (QED) is 0.900. The van der Waals surface area contributed by atoms with Gasteiger partial charge < -0.3 is 15.5 Å². The molecule has 4 heteroatoms. The summed E-state index contributed by atoms with van der Waals surface area (Å²) in [6, 6.07) is 8.03. The molecule has 4 nitrogen and oxygen atoms in total. The van der Waals surface area contributed by atoms with Crippen molar-refractivity contribution < 1.29 is 4.79 Å². The number of likely N-dealkylation sites (N-methyl/N-ethyl adjacent to an activating group) is 1. The second-order valence-electron chi connectivity index (χ2n) is 6.71. The van der Waals surface area contributed by atoms with Gasteiger partial charge in [-0.2, -0.15) is 0 Å². The largest absolute Gasteiger partial charge is 0.371 e. The third kappa shape index (κ3) is 2.29. The second kappa shape index (κ2) is 4.77. The summed E-state index contributed by atoms with van der Waals surface area (Å²) >= 11 is 0. The number of nitrogens with two attached hydrogens (primary N) is 1. The molecule has 1 heterocycles. The molecule has 0 aliphatic carbocycles. The first kappa shape index (κ1) is 14.9. The van der Waals surface area contributed by atoms with Crippen LogP contribution in [0.3, 0.4) is 0 Å². The Bertz CT molecular complexity index is 517. The van der Waals surface area contributed by atoms with Crippen LogP contribution in [0.2, 0.25) is 0 Å². The van der Waals surface area contributed by atoms with Crippen molar-refractivity contribution >= 4 is 17.3 Å². The summed E-state index contributed by atoms with van der Waals surface area (Å²) in [4.78, 5) is 17.0. The molecule has 0 saturated heterocycles. The van der Waals surface area contributed by atoms with E-state index < -0.39 is 11.0 Å². The summed E-state index contributed by atoms with van der Waals surface area (Å²) in [5.74, 6) is 0.0885. The number of fused-ring (bicyclic) bond motifs is 1. The van der Waals surface area contributed by atoms with Gasteiger partial charge in [-0.3, -0.25) is 4.79 Å². The Hall–Kier alpha value is -1.55. The van der Waals surface area contributed by atoms with Gasteiger partial charge in [-0.1, -0.05) is 12.1 Å². The van der Waals surface area contributed by atoms with Crippen LogP contribution in [0, 0.1) is 5.41 Å². The van der Waals surface area contributed by atoms with Crippen molar-refractivity contribution in [2.24, 2.45) is 11.1 Å². The highest BCUT2D eigenvalue weighted by molar-refractivity contribution is 6.01. The van der Waals surface area contributed by atoms with E-state index in [2.05, 4.69) is 18.0 Å². The minimum atomic E-state index is -0.615. The minimum Gasteiger partial charge on any atom is -0.371 e. The van der Waals surface area contributed by atoms with Gasteiger partial charge in [0.2, 0.25) is 5.91 Å². The summed E-state index contributed by atoms with van der Waals surface area (Å²) in [6.45, 7) is 9.21. The SMILES string of the molecule is CN1CCN(C(=O)C(C)(C)C(C)(C)N)c2ccccc21. The van der Waals surface area contributed by atoms with E-state index in [4.69, 9.17) is 5.73 Å². The molecule has 2 rings (SSSR count). The first-order valence-corrected chi connectivity index (χ1v) is 7.07. The Morgan fingerprint density at radius 1 is 1.10 bits per heavy atom. The monoisotopic (exact) mass is 275 g/mol. The van der Waals surface area contributed by atoms with Crippen molar-refractivity contribution in [2.75, 3.05) is 29.9 Å². The smallest absolute Gasteiger partial charge is 0.234 e. The molecule has 1 aromatic carbocycles. The number of carbonyl (C=O) groups excluding carboxylic acids is 1. The topological polar surface area (TPSA) is 49.6 Å². The first-order valence-electron chi connectivity index (χ1n) is 7.07. The molecule has 0 atom stereocenters. The number of carbonyl (C=O) groups is 1. The zero-order valence-electron chi connectivity index (χ0n) is 13.1. The van der Waals surface area contributed by atoms with Crippen molar-refractivity contribution in [1.82, 2.24) is 0 Å². The summed E-state index contributed by atoms with van der Waals surface area (Å²) in [6.07, 6.45) is 0. The van der Waals surface area contributed by atoms with Crippen molar-refractivity contribution in [3.63, 3.8) is 0 Å². The third-order valence-corrected chi connectivity index (χ3v) is 4.63. The van der Waals surface area contributed by atoms with Crippen molar-refractivity contribution in [2.45, 2.75) is 33.2 Å². The maximum absolute atomic E-state index is 13.0. The van der Waals surface area contributed by atoms with Crippen LogP contribution < -0.4 is 15.5 Å². The lowest BCUT2D eigenvalue weighted by atomic mass is 9.74. The number of rotatable bonds is 2. The molecule has 0 aromatic heterocycles. The maximum Gasteiger partial charge on any atom is 0.234 e. The first-order chi connectivity index (χ1) is 9.16. The zero-order chi connectivity index (χ0) is 15.1. The zero-order valence-corrected chi connectivity index (χ0v) is 13.1. The molecule has 2 N–H and O–H groups in total. The van der Waals surface area contributed by atoms with Gasteiger partial charge in [0, 0.05) is 25.7 Å². The molecule has 0 radical (unpaired) electrons. The fourth-order valence-electron chi connectivity index (χ4n) is 2.33. The summed E-state index contributed by atoms with van der Waals surface area (Å²) in [7, 11) is 2.05. The predicted octanol–water partition coefficient (Wildman–Crippen LogP) is 2.23. The average Bonchev–Trinajstić information content (AvgIpc) is 2.37. The molecule has 1 aromatic rings. The van der Waals surface area contributed by atoms with Gasteiger partial charge in [0.25, 0.3) is 0 Å². The van der Waals surface area contributed by atoms with Crippen molar-refractivity contribution in [3.05, 3.63) is 24.3 Å². The van der Waals surface area contributed by atoms with E-state index in [1.54, 1.807) is 0 Å². The number of hydrogen-bond donors (Lipinski definition) is 1. The van der Waals surface area contributed by atoms with E-state index in [1.165, 1.54) is 0 Å². The van der Waals surface area contributed by atoms with Gasteiger partial charge in [-0.05, 0) is 39.8 Å². The van der Waals surface area contributed by atoms with Crippen molar-refractivity contribution in [1.29, 1.82) is 0 Å². The molecule has 0 unspecified atom stereocenters. The molecule has 1 amide bonds. The number of para-hydroxylation sites is 2. The maximum atomic E-state index is 13.0. The Kier molecular flexibility index (Phi) is 3.54. The lowest BCUT2D eigenvalue weighted by Crippen LogP contribution is -2.58. The van der Waals surface area contributed by atoms with Crippen molar-refractivity contribution in [3.8, 4) is 0 Å². The molecule has 1 aliphatic rings. The fourth-order valence-corrected chi connectivity index (χ4v) is 2.33. The lowest BCUT2D eigenvalue weighted by molar-refractivity contribution is -0.129. The molecule has 1 aliphatic heterocycles. The highest BCUT2D eigenvalue weighted by Gasteiger charge is 2.44. The molecule has 110 valence electrons. The van der Waals surface area contributed by atoms with Crippen LogP contribution in [0.4, 0.5) is 11.4 Å². The van der Waals surface area contributed by atoms with Crippen LogP contribution in [0.15, 0.2) is 24.3 Å². The normalized spacial score (nSPS) is 16.1. The number of nitrogens with zero attached hydrogens (tertiary/aromatic N) is 2. The Balaban J connectivity index is 2.41. The van der Waals surface area contributed by atoms with E-state index in [-0.39, 0.29) is 5.91 Å². The molecular formula is C16H25N3O. The van der Waals surface area contributed by atoms with Crippen LogP contribution in [0.1, 0.15) is 27.7 Å². The van der Waals surface area contributed by atoms with Crippen LogP contribution in [-0.4, -0.2) is 31.6 Å². The van der Waals surface area contributed by atoms with Gasteiger partial charge >= 0.3 is 0 Å². The summed E-state index contributed by atoms with van der Waals surface area (Å²) in [5, 5.41) is 0. The lowest BCUT2D eigenvalue weighted by Gasteiger charge is -2.43. The van der Waals surface area contributed by atoms with Crippen LogP contribution >= 0.6 is 0 Å². The van der Waals surface area contributed by atoms with Crippen LogP contribution in [0.5, 0.6) is 0 Å². The van der Waals surface area contributed by atoms with E-state index in [1.807, 2.05) is 50.8 Å². The molecule has 0 saturated carbocycles. The van der Waals surface area contributed by atoms with Crippen LogP contribution in [0.25, 0.3) is 0 Å². The number of amides is 1. The highest BCUT2D eigenvalue weighted by Crippen LogP contribution is 2.37. The van der Waals surface area contributed by atoms with E-state index in [0.29, 0.717) is 6.54 Å². The molecule has 20 heavy (non-hydrogen) atoms. The average molecular weight is 275 g/mol. The van der Waals surface area contributed by atoms with Gasteiger partial charge in [-0.25, -0.2) is 0 Å². The van der Waals surface area contributed by atoms with Crippen LogP contribution in [-0.2, 0) is 4.79 Å². The van der Waals surface area contributed by atoms with Gasteiger partial charge in [-0.15, -0.1) is 0 Å². The molecule has 0 bridgehead atoms. The Morgan fingerprint density at radius 2 is 1.65 bits per heavy atom. The second-order valence-corrected chi connectivity index (χ2v) is 6.71. The standard InChI is InChI=1S/C16H25N3O/c1-15(2,16(3,4)17)14(20)19-11-10-18(5)12-8-6-7-9-13(12)19/h6-9H,10-11,17H2,1-5H3. The molecule has 0 spiro atoms. The number of anilines is 2. The summed E-state index contributed by atoms with van der Waals surface area (Å²) in [5.41, 5.74) is 7.10. The van der Waals surface area contributed by atoms with Gasteiger partial charge in [0.1, 0.15) is 0 Å². The fraction of sp³-hybridized carbons (Fsp3) is 0.562. The molecular weight excluding hydrogens is 250 g/mol. The van der Waals surface area contributed by atoms with Gasteiger partial charge in [0.15, 0.2) is 0 Å². The predicted molar refractivity (Wildman–Crippen MR) is 84.1 cm³/mol. The number of benzene rings is 1. The Morgan fingerprint density at radius 3 is 2.20 bits per heavy atom. The van der Waals surface area contributed by atoms with E-state index in [9.17, 15) is 4.79 Å². The number of hydrogen-bond acceptors (Lipinski definition) is 3. The summed E-state index contributed by atoms with van der Waals surface area (Å²) < 4.78 is 0. The highest BCUT2D eigenvalue weighted by atomic mass is 16.2. The Labute approximate surface area is 121 Å². The molecule has 0 fully saturated rings. The van der Waals surface area contributed by atoms with Gasteiger partial charge in [0.05, 0.1) is 16.8 Å². The minimum absolute atomic E-state index is 0.0885. The van der Waals surface area contributed by atoms with E-state index in [0.717, 1.165) is 17.9 Å². The third-order valence-electron chi connectivity index (χ3n) is 4.63.